The molecular weight excluding hydrogens is 340 g/mol. The Hall–Kier alpha value is -1.15. The molecular formula is C15H21ClN2O4S. The number of anilines is 1. The molecule has 0 radical (unpaired) electrons. The molecule has 1 aromatic rings. The molecule has 0 spiro atoms. The molecule has 1 heterocycles. The molecule has 23 heavy (non-hydrogen) atoms. The Morgan fingerprint density at radius 3 is 2.83 bits per heavy atom. The molecule has 1 aromatic carbocycles. The summed E-state index contributed by atoms with van der Waals surface area (Å²) in [5.41, 5.74) is 1.43. The van der Waals surface area contributed by atoms with E-state index in [4.69, 9.17) is 16.3 Å². The van der Waals surface area contributed by atoms with Gasteiger partial charge in [-0.2, -0.15) is 4.31 Å². The van der Waals surface area contributed by atoms with Crippen LogP contribution in [0.25, 0.3) is 0 Å². The summed E-state index contributed by atoms with van der Waals surface area (Å²) in [6.45, 7) is 2.42. The molecule has 8 heteroatoms. The molecule has 128 valence electrons. The Morgan fingerprint density at radius 2 is 2.22 bits per heavy atom. The third-order valence-corrected chi connectivity index (χ3v) is 5.15. The summed E-state index contributed by atoms with van der Waals surface area (Å²) < 4.78 is 30.4. The van der Waals surface area contributed by atoms with Crippen molar-refractivity contribution in [2.45, 2.75) is 25.9 Å². The molecule has 1 aliphatic rings. The summed E-state index contributed by atoms with van der Waals surface area (Å²) in [5.74, 6) is -0.404. The molecule has 1 aliphatic heterocycles. The predicted molar refractivity (Wildman–Crippen MR) is 90.2 cm³/mol. The molecule has 1 N–H and O–H groups in total. The minimum absolute atomic E-state index is 0.148. The molecule has 6 nitrogen and oxygen atoms in total. The monoisotopic (exact) mass is 360 g/mol. The van der Waals surface area contributed by atoms with E-state index in [1.165, 1.54) is 0 Å². The summed E-state index contributed by atoms with van der Waals surface area (Å²) in [7, 11) is -3.49. The van der Waals surface area contributed by atoms with Gasteiger partial charge in [0.05, 0.1) is 18.9 Å². The third-order valence-electron chi connectivity index (χ3n) is 3.69. The number of sulfonamides is 1. The van der Waals surface area contributed by atoms with Crippen LogP contribution in [0.5, 0.6) is 0 Å². The van der Waals surface area contributed by atoms with E-state index in [1.807, 2.05) is 6.92 Å². The van der Waals surface area contributed by atoms with Gasteiger partial charge >= 0.3 is 0 Å². The molecule has 1 unspecified atom stereocenters. The highest BCUT2D eigenvalue weighted by atomic mass is 35.5. The van der Waals surface area contributed by atoms with Crippen LogP contribution in [-0.2, 0) is 19.6 Å². The first kappa shape index (κ1) is 18.2. The average molecular weight is 361 g/mol. The van der Waals surface area contributed by atoms with E-state index in [0.717, 1.165) is 29.0 Å². The number of nitrogens with zero attached hydrogens (tertiary/aromatic N) is 1. The predicted octanol–water partition coefficient (Wildman–Crippen LogP) is 2.03. The topological polar surface area (TPSA) is 75.7 Å². The van der Waals surface area contributed by atoms with Crippen LogP contribution in [0.15, 0.2) is 18.2 Å². The van der Waals surface area contributed by atoms with Crippen LogP contribution in [0.1, 0.15) is 18.4 Å². The molecule has 1 saturated heterocycles. The quantitative estimate of drug-likeness (QED) is 0.842. The highest BCUT2D eigenvalue weighted by Crippen LogP contribution is 2.20. The van der Waals surface area contributed by atoms with Crippen molar-refractivity contribution in [2.24, 2.45) is 0 Å². The summed E-state index contributed by atoms with van der Waals surface area (Å²) in [5, 5.41) is 3.21. The second-order valence-corrected chi connectivity index (χ2v) is 8.12. The van der Waals surface area contributed by atoms with Gasteiger partial charge in [0.2, 0.25) is 15.9 Å². The van der Waals surface area contributed by atoms with Gasteiger partial charge in [-0.05, 0) is 37.5 Å². The van der Waals surface area contributed by atoms with Crippen LogP contribution in [0.3, 0.4) is 0 Å². The van der Waals surface area contributed by atoms with Gasteiger partial charge in [-0.3, -0.25) is 4.79 Å². The van der Waals surface area contributed by atoms with Crippen LogP contribution in [0.2, 0.25) is 5.02 Å². The maximum absolute atomic E-state index is 12.2. The van der Waals surface area contributed by atoms with Gasteiger partial charge < -0.3 is 10.1 Å². The van der Waals surface area contributed by atoms with Gasteiger partial charge in [0.15, 0.2) is 0 Å². The molecule has 2 rings (SSSR count). The lowest BCUT2D eigenvalue weighted by Crippen LogP contribution is -2.41. The van der Waals surface area contributed by atoms with E-state index < -0.39 is 15.9 Å². The number of rotatable bonds is 6. The molecule has 1 fully saturated rings. The first-order valence-corrected chi connectivity index (χ1v) is 9.61. The number of ether oxygens (including phenoxy) is 1. The maximum Gasteiger partial charge on any atom is 0.239 e. The first-order chi connectivity index (χ1) is 10.8. The smallest absolute Gasteiger partial charge is 0.239 e. The van der Waals surface area contributed by atoms with E-state index in [9.17, 15) is 13.2 Å². The van der Waals surface area contributed by atoms with Gasteiger partial charge in [0, 0.05) is 23.9 Å². The number of carbonyl (C=O) groups is 1. The number of benzene rings is 1. The zero-order valence-electron chi connectivity index (χ0n) is 13.2. The number of hydrogen-bond acceptors (Lipinski definition) is 4. The minimum atomic E-state index is -3.49. The van der Waals surface area contributed by atoms with Gasteiger partial charge in [-0.15, -0.1) is 0 Å². The second kappa shape index (κ2) is 7.61. The van der Waals surface area contributed by atoms with Crippen molar-refractivity contribution in [2.75, 3.05) is 31.3 Å². The number of amides is 1. The molecule has 1 atom stereocenters. The highest BCUT2D eigenvalue weighted by molar-refractivity contribution is 7.88. The van der Waals surface area contributed by atoms with Crippen molar-refractivity contribution in [3.05, 3.63) is 28.8 Å². The zero-order valence-corrected chi connectivity index (χ0v) is 14.8. The molecule has 1 amide bonds. The number of hydrogen-bond donors (Lipinski definition) is 1. The summed E-state index contributed by atoms with van der Waals surface area (Å²) in [6, 6.07) is 5.16. The number of nitrogens with one attached hydrogen (secondary N) is 1. The van der Waals surface area contributed by atoms with Crippen LogP contribution >= 0.6 is 11.6 Å². The Bertz CT molecular complexity index is 672. The van der Waals surface area contributed by atoms with Gasteiger partial charge in [-0.25, -0.2) is 8.42 Å². The fraction of sp³-hybridized carbons (Fsp3) is 0.533. The minimum Gasteiger partial charge on any atom is -0.377 e. The zero-order chi connectivity index (χ0) is 17.0. The van der Waals surface area contributed by atoms with Crippen LogP contribution < -0.4 is 5.32 Å². The van der Waals surface area contributed by atoms with Crippen LogP contribution in [-0.4, -0.2) is 50.7 Å². The van der Waals surface area contributed by atoms with Crippen molar-refractivity contribution < 1.29 is 17.9 Å². The second-order valence-electron chi connectivity index (χ2n) is 5.70. The van der Waals surface area contributed by atoms with E-state index in [1.54, 1.807) is 18.2 Å². The van der Waals surface area contributed by atoms with Crippen LogP contribution in [0, 0.1) is 6.92 Å². The standard InChI is InChI=1S/C15H21ClN2O4S/c1-11-5-6-12(16)8-14(11)17-15(19)10-18(23(2,20)21)9-13-4-3-7-22-13/h5-6,8,13H,3-4,7,9-10H2,1-2H3,(H,17,19). The fourth-order valence-corrected chi connectivity index (χ4v) is 3.37. The van der Waals surface area contributed by atoms with Gasteiger partial charge in [0.1, 0.15) is 0 Å². The number of carbonyl (C=O) groups excluding carboxylic acids is 1. The summed E-state index contributed by atoms with van der Waals surface area (Å²) in [6.07, 6.45) is 2.67. The van der Waals surface area contributed by atoms with Crippen molar-refractivity contribution in [3.8, 4) is 0 Å². The third kappa shape index (κ3) is 5.46. The van der Waals surface area contributed by atoms with E-state index in [2.05, 4.69) is 5.32 Å². The van der Waals surface area contributed by atoms with Crippen molar-refractivity contribution >= 4 is 33.2 Å². The van der Waals surface area contributed by atoms with Gasteiger partial charge in [-0.1, -0.05) is 17.7 Å². The van der Waals surface area contributed by atoms with E-state index in [-0.39, 0.29) is 19.2 Å². The lowest BCUT2D eigenvalue weighted by molar-refractivity contribution is -0.116. The lowest BCUT2D eigenvalue weighted by Gasteiger charge is -2.22. The Kier molecular flexibility index (Phi) is 6.02. The summed E-state index contributed by atoms with van der Waals surface area (Å²) >= 11 is 5.92. The van der Waals surface area contributed by atoms with Crippen molar-refractivity contribution in [1.82, 2.24) is 4.31 Å². The lowest BCUT2D eigenvalue weighted by atomic mass is 10.2. The fourth-order valence-electron chi connectivity index (χ4n) is 2.41. The normalized spacial score (nSPS) is 18.3. The average Bonchev–Trinajstić information content (AvgIpc) is 2.94. The van der Waals surface area contributed by atoms with Gasteiger partial charge in [0.25, 0.3) is 0 Å². The molecule has 0 aliphatic carbocycles. The molecule has 0 bridgehead atoms. The van der Waals surface area contributed by atoms with Crippen molar-refractivity contribution in [1.29, 1.82) is 0 Å². The van der Waals surface area contributed by atoms with Crippen molar-refractivity contribution in [3.63, 3.8) is 0 Å². The maximum atomic E-state index is 12.2. The number of halogens is 1. The number of aryl methyl sites for hydroxylation is 1. The molecule has 0 aromatic heterocycles. The Balaban J connectivity index is 2.03. The SMILES string of the molecule is Cc1ccc(Cl)cc1NC(=O)CN(CC1CCCO1)S(C)(=O)=O. The van der Waals surface area contributed by atoms with E-state index in [0.29, 0.717) is 17.3 Å². The molecule has 0 saturated carbocycles. The first-order valence-electron chi connectivity index (χ1n) is 7.38. The Morgan fingerprint density at radius 1 is 1.48 bits per heavy atom. The largest absolute Gasteiger partial charge is 0.377 e. The summed E-state index contributed by atoms with van der Waals surface area (Å²) in [4.78, 5) is 12.2. The highest BCUT2D eigenvalue weighted by Gasteiger charge is 2.26. The Labute approximate surface area is 141 Å². The van der Waals surface area contributed by atoms with Crippen LogP contribution in [0.4, 0.5) is 5.69 Å². The van der Waals surface area contributed by atoms with E-state index >= 15 is 0 Å².